The molecule has 1 aromatic carbocycles. The van der Waals surface area contributed by atoms with Crippen LogP contribution < -0.4 is 10.5 Å². The third-order valence-corrected chi connectivity index (χ3v) is 9.02. The van der Waals surface area contributed by atoms with E-state index in [0.29, 0.717) is 12.0 Å². The number of carbonyl (C=O) groups is 1. The van der Waals surface area contributed by atoms with E-state index < -0.39 is 34.2 Å². The Morgan fingerprint density at radius 2 is 1.89 bits per heavy atom. The third kappa shape index (κ3) is 5.59. The first kappa shape index (κ1) is 28.1. The number of benzene rings is 1. The minimum absolute atomic E-state index is 0.0543. The molecule has 2 fully saturated rings. The summed E-state index contributed by atoms with van der Waals surface area (Å²) in [6.07, 6.45) is -0.268. The van der Waals surface area contributed by atoms with Crippen LogP contribution in [0.2, 0.25) is 0 Å². The summed E-state index contributed by atoms with van der Waals surface area (Å²) in [6, 6.07) is 6.81. The second-order valence-electron chi connectivity index (χ2n) is 10.6. The van der Waals surface area contributed by atoms with Crippen molar-refractivity contribution in [3.05, 3.63) is 41.2 Å². The summed E-state index contributed by atoms with van der Waals surface area (Å²) in [5.74, 6) is -0.814. The first-order valence-corrected chi connectivity index (χ1v) is 13.8. The van der Waals surface area contributed by atoms with Gasteiger partial charge in [-0.2, -0.15) is 22.0 Å². The Balaban J connectivity index is 1.58. The zero-order chi connectivity index (χ0) is 27.8. The molecule has 3 atom stereocenters. The largest absolute Gasteiger partial charge is 0.458 e. The van der Waals surface area contributed by atoms with Crippen LogP contribution in [0.25, 0.3) is 0 Å². The minimum atomic E-state index is -3.76. The maximum absolute atomic E-state index is 13.2. The monoisotopic (exact) mass is 549 g/mol. The third-order valence-electron chi connectivity index (χ3n) is 7.08. The van der Waals surface area contributed by atoms with Crippen LogP contribution in [0.4, 0.5) is 0 Å². The van der Waals surface area contributed by atoms with Gasteiger partial charge < -0.3 is 20.7 Å². The average molecular weight is 550 g/mol. The lowest BCUT2D eigenvalue weighted by Gasteiger charge is -2.23. The summed E-state index contributed by atoms with van der Waals surface area (Å²) < 4.78 is 35.9. The number of hydrogen-bond acceptors (Lipinski definition) is 9. The van der Waals surface area contributed by atoms with Gasteiger partial charge in [0.25, 0.3) is 16.1 Å². The molecule has 0 amide bonds. The predicted molar refractivity (Wildman–Crippen MR) is 138 cm³/mol. The molecule has 3 unspecified atom stereocenters. The van der Waals surface area contributed by atoms with Crippen molar-refractivity contribution in [3.63, 3.8) is 0 Å². The number of β-amino-alcohol motifs (C(OH)–C–C–N with tert-alkyl or cyclic N) is 1. The standard InChI is InChI=1S/C24H35N7O6S/c1-15-10-30(38(35,36)29-9-8-18(33)11-29)12-19(15)21-27-23(31(28-21)22(34)24(2,3)14-32)37-13-16-4-6-17(7-5-16)20(25)26/h4-7,15,18-19,32-33H,8-14H2,1-3H3,(H3,25,26). The molecule has 3 heterocycles. The van der Waals surface area contributed by atoms with Gasteiger partial charge in [0.15, 0.2) is 5.82 Å². The molecular weight excluding hydrogens is 514 g/mol. The Labute approximate surface area is 221 Å². The van der Waals surface area contributed by atoms with E-state index in [2.05, 4.69) is 10.1 Å². The van der Waals surface area contributed by atoms with Crippen LogP contribution in [0.1, 0.15) is 54.9 Å². The van der Waals surface area contributed by atoms with Gasteiger partial charge in [-0.3, -0.25) is 10.2 Å². The number of nitrogens with zero attached hydrogens (tertiary/aromatic N) is 5. The van der Waals surface area contributed by atoms with E-state index in [1.165, 1.54) is 8.61 Å². The van der Waals surface area contributed by atoms with Crippen LogP contribution in [-0.2, 0) is 16.8 Å². The summed E-state index contributed by atoms with van der Waals surface area (Å²) in [5.41, 5.74) is 5.67. The second kappa shape index (κ2) is 10.7. The number of aromatic nitrogens is 3. The highest BCUT2D eigenvalue weighted by Crippen LogP contribution is 2.35. The fourth-order valence-electron chi connectivity index (χ4n) is 4.51. The van der Waals surface area contributed by atoms with Gasteiger partial charge in [0.05, 0.1) is 18.1 Å². The maximum atomic E-state index is 13.2. The van der Waals surface area contributed by atoms with Crippen LogP contribution in [0.15, 0.2) is 24.3 Å². The van der Waals surface area contributed by atoms with E-state index in [9.17, 15) is 23.4 Å². The van der Waals surface area contributed by atoms with Gasteiger partial charge >= 0.3 is 6.01 Å². The van der Waals surface area contributed by atoms with Crippen molar-refractivity contribution < 1.29 is 28.2 Å². The van der Waals surface area contributed by atoms with Crippen LogP contribution >= 0.6 is 0 Å². The fraction of sp³-hybridized carbons (Fsp3) is 0.583. The fourth-order valence-corrected chi connectivity index (χ4v) is 6.30. The molecule has 2 aliphatic heterocycles. The highest BCUT2D eigenvalue weighted by molar-refractivity contribution is 7.86. The Morgan fingerprint density at radius 1 is 1.21 bits per heavy atom. The maximum Gasteiger partial charge on any atom is 0.322 e. The molecule has 2 aromatic rings. The molecule has 208 valence electrons. The molecule has 4 rings (SSSR count). The number of nitrogen functional groups attached to an aromatic ring is 1. The molecule has 0 spiro atoms. The van der Waals surface area contributed by atoms with Crippen molar-refractivity contribution in [2.45, 2.75) is 45.8 Å². The Morgan fingerprint density at radius 3 is 2.47 bits per heavy atom. The number of carbonyl (C=O) groups excluding carboxylic acids is 1. The smallest absolute Gasteiger partial charge is 0.322 e. The molecule has 0 saturated carbocycles. The summed E-state index contributed by atoms with van der Waals surface area (Å²) in [6.45, 7) is 5.42. The van der Waals surface area contributed by atoms with Gasteiger partial charge in [0, 0.05) is 37.7 Å². The number of rotatable bonds is 9. The number of ether oxygens (including phenoxy) is 1. The van der Waals surface area contributed by atoms with Crippen LogP contribution in [-0.4, -0.2) is 92.6 Å². The number of amidine groups is 1. The van der Waals surface area contributed by atoms with E-state index in [4.69, 9.17) is 15.9 Å². The number of aliphatic hydroxyl groups excluding tert-OH is 2. The normalized spacial score (nSPS) is 23.1. The molecular formula is C24H35N7O6S. The van der Waals surface area contributed by atoms with Crippen molar-refractivity contribution >= 4 is 22.0 Å². The van der Waals surface area contributed by atoms with E-state index in [1.54, 1.807) is 38.1 Å². The van der Waals surface area contributed by atoms with Crippen molar-refractivity contribution in [1.82, 2.24) is 23.4 Å². The summed E-state index contributed by atoms with van der Waals surface area (Å²) in [7, 11) is -3.76. The Hall–Kier alpha value is -2.91. The van der Waals surface area contributed by atoms with Crippen LogP contribution in [0.3, 0.4) is 0 Å². The number of aliphatic hydroxyl groups is 2. The van der Waals surface area contributed by atoms with Crippen LogP contribution in [0, 0.1) is 16.7 Å². The van der Waals surface area contributed by atoms with E-state index in [1.807, 2.05) is 6.92 Å². The molecule has 14 heteroatoms. The van der Waals surface area contributed by atoms with Crippen molar-refractivity contribution in [3.8, 4) is 6.01 Å². The topological polar surface area (TPSA) is 188 Å². The molecule has 2 aliphatic rings. The molecule has 13 nitrogen and oxygen atoms in total. The van der Waals surface area contributed by atoms with Crippen molar-refractivity contribution in [1.29, 1.82) is 5.41 Å². The summed E-state index contributed by atoms with van der Waals surface area (Å²) >= 11 is 0. The second-order valence-corrected chi connectivity index (χ2v) is 12.5. The van der Waals surface area contributed by atoms with Gasteiger partial charge in [-0.1, -0.05) is 31.2 Å². The molecule has 38 heavy (non-hydrogen) atoms. The van der Waals surface area contributed by atoms with Crippen molar-refractivity contribution in [2.24, 2.45) is 17.1 Å². The summed E-state index contributed by atoms with van der Waals surface area (Å²) in [4.78, 5) is 17.7. The molecule has 2 saturated heterocycles. The van der Waals surface area contributed by atoms with Gasteiger partial charge in [-0.15, -0.1) is 9.78 Å². The predicted octanol–water partition coefficient (Wildman–Crippen LogP) is 0.147. The van der Waals surface area contributed by atoms with Gasteiger partial charge in [0.2, 0.25) is 0 Å². The molecule has 5 N–H and O–H groups in total. The van der Waals surface area contributed by atoms with Gasteiger partial charge in [-0.05, 0) is 31.7 Å². The SMILES string of the molecule is CC1CN(S(=O)(=O)N2CCC(O)C2)CC1c1nc(OCc2ccc(C(=N)N)cc2)n(C(=O)C(C)(C)CO)n1. The summed E-state index contributed by atoms with van der Waals surface area (Å²) in [5, 5.41) is 31.5. The van der Waals surface area contributed by atoms with Gasteiger partial charge in [0.1, 0.15) is 12.4 Å². The Kier molecular flexibility index (Phi) is 7.91. The first-order valence-electron chi connectivity index (χ1n) is 12.5. The quantitative estimate of drug-likeness (QED) is 0.249. The van der Waals surface area contributed by atoms with Crippen LogP contribution in [0.5, 0.6) is 6.01 Å². The lowest BCUT2D eigenvalue weighted by atomic mass is 9.94. The Bertz CT molecular complexity index is 1290. The van der Waals surface area contributed by atoms with E-state index >= 15 is 0 Å². The number of hydrogen-bond donors (Lipinski definition) is 4. The zero-order valence-electron chi connectivity index (χ0n) is 21.7. The number of nitrogens with two attached hydrogens (primary N) is 1. The van der Waals surface area contributed by atoms with E-state index in [-0.39, 0.29) is 62.3 Å². The zero-order valence-corrected chi connectivity index (χ0v) is 22.6. The van der Waals surface area contributed by atoms with Crippen molar-refractivity contribution in [2.75, 3.05) is 32.8 Å². The molecule has 1 aromatic heterocycles. The molecule has 0 aliphatic carbocycles. The lowest BCUT2D eigenvalue weighted by Crippen LogP contribution is -2.42. The highest BCUT2D eigenvalue weighted by Gasteiger charge is 2.44. The highest BCUT2D eigenvalue weighted by atomic mass is 32.2. The molecule has 0 bridgehead atoms. The van der Waals surface area contributed by atoms with E-state index in [0.717, 1.165) is 10.2 Å². The minimum Gasteiger partial charge on any atom is -0.458 e. The lowest BCUT2D eigenvalue weighted by molar-refractivity contribution is 0.0593. The average Bonchev–Trinajstić information content (AvgIpc) is 3.61. The first-order chi connectivity index (χ1) is 17.8. The molecule has 0 radical (unpaired) electrons. The number of nitrogens with one attached hydrogen (secondary N) is 1. The van der Waals surface area contributed by atoms with Gasteiger partial charge in [-0.25, -0.2) is 0 Å².